The van der Waals surface area contributed by atoms with E-state index >= 15 is 0 Å². The number of para-hydroxylation sites is 1. The third-order valence-electron chi connectivity index (χ3n) is 6.35. The summed E-state index contributed by atoms with van der Waals surface area (Å²) in [4.78, 5) is 18.4. The summed E-state index contributed by atoms with van der Waals surface area (Å²) in [7, 11) is 0. The van der Waals surface area contributed by atoms with E-state index in [1.807, 2.05) is 98.8 Å². The normalized spacial score (nSPS) is 14.5. The van der Waals surface area contributed by atoms with Crippen LogP contribution < -0.4 is 20.1 Å². The highest BCUT2D eigenvalue weighted by Gasteiger charge is 2.36. The summed E-state index contributed by atoms with van der Waals surface area (Å²) >= 11 is 0. The molecule has 1 unspecified atom stereocenters. The molecule has 38 heavy (non-hydrogen) atoms. The number of anilines is 2. The smallest absolute Gasteiger partial charge is 0.238 e. The highest BCUT2D eigenvalue weighted by molar-refractivity contribution is 6.24. The minimum Gasteiger partial charge on any atom is -0.490 e. The van der Waals surface area contributed by atoms with E-state index in [0.29, 0.717) is 37.0 Å². The second kappa shape index (κ2) is 11.6. The summed E-state index contributed by atoms with van der Waals surface area (Å²) in [6.07, 6.45) is 0. The Kier molecular flexibility index (Phi) is 7.69. The van der Waals surface area contributed by atoms with Gasteiger partial charge in [0.25, 0.3) is 0 Å². The van der Waals surface area contributed by atoms with Crippen LogP contribution in [-0.4, -0.2) is 24.8 Å². The fourth-order valence-electron chi connectivity index (χ4n) is 4.57. The summed E-state index contributed by atoms with van der Waals surface area (Å²) in [6, 6.07) is 31.8. The lowest BCUT2D eigenvalue weighted by Gasteiger charge is -2.16. The fraction of sp³-hybridized carbons (Fsp3) is 0.188. The van der Waals surface area contributed by atoms with Crippen LogP contribution in [0.5, 0.6) is 11.5 Å². The number of hydrogen-bond donors (Lipinski definition) is 2. The molecule has 0 spiro atoms. The number of nitrogens with one attached hydrogen (secondary N) is 2. The van der Waals surface area contributed by atoms with Gasteiger partial charge in [-0.1, -0.05) is 60.7 Å². The molecule has 2 N–H and O–H groups in total. The van der Waals surface area contributed by atoms with Gasteiger partial charge in [0, 0.05) is 24.0 Å². The van der Waals surface area contributed by atoms with Gasteiger partial charge in [-0.05, 0) is 60.9 Å². The lowest BCUT2D eigenvalue weighted by molar-refractivity contribution is -0.115. The number of nitrogens with zero attached hydrogens (tertiary/aromatic N) is 1. The van der Waals surface area contributed by atoms with Crippen LogP contribution in [0.2, 0.25) is 0 Å². The zero-order valence-corrected chi connectivity index (χ0v) is 21.6. The molecule has 4 aromatic carbocycles. The van der Waals surface area contributed by atoms with Gasteiger partial charge in [0.05, 0.1) is 24.6 Å². The molecule has 1 heterocycles. The Balaban J connectivity index is 1.49. The fourth-order valence-corrected chi connectivity index (χ4v) is 4.57. The zero-order valence-electron chi connectivity index (χ0n) is 21.6. The number of amides is 1. The number of benzene rings is 4. The molecule has 0 saturated heterocycles. The van der Waals surface area contributed by atoms with Crippen molar-refractivity contribution in [2.75, 3.05) is 23.8 Å². The summed E-state index contributed by atoms with van der Waals surface area (Å²) in [6.45, 7) is 5.56. The van der Waals surface area contributed by atoms with Gasteiger partial charge in [-0.3, -0.25) is 9.79 Å². The molecule has 0 bridgehead atoms. The van der Waals surface area contributed by atoms with Crippen LogP contribution in [-0.2, 0) is 11.3 Å². The van der Waals surface area contributed by atoms with Crippen LogP contribution in [0, 0.1) is 0 Å². The van der Waals surface area contributed by atoms with E-state index in [4.69, 9.17) is 14.5 Å². The van der Waals surface area contributed by atoms with Crippen LogP contribution in [0.25, 0.3) is 0 Å². The molecule has 1 aliphatic heterocycles. The number of hydrogen-bond acceptors (Lipinski definition) is 5. The van der Waals surface area contributed by atoms with Crippen molar-refractivity contribution in [1.29, 1.82) is 0 Å². The van der Waals surface area contributed by atoms with Gasteiger partial charge in [0.15, 0.2) is 11.5 Å². The SMILES string of the molecule is CCOc1cc2c(cc1OCC)C(C(=Nc1ccc(CNc3ccccc3)cc1)c1ccccc1)C(=O)N2. The molecular weight excluding hydrogens is 474 g/mol. The van der Waals surface area contributed by atoms with Crippen molar-refractivity contribution in [3.63, 3.8) is 0 Å². The van der Waals surface area contributed by atoms with Crippen molar-refractivity contribution >= 4 is 28.7 Å². The lowest BCUT2D eigenvalue weighted by atomic mass is 9.90. The predicted octanol–water partition coefficient (Wildman–Crippen LogP) is 6.95. The zero-order chi connectivity index (χ0) is 26.3. The summed E-state index contributed by atoms with van der Waals surface area (Å²) in [5.41, 5.74) is 6.12. The van der Waals surface area contributed by atoms with Gasteiger partial charge in [0.1, 0.15) is 5.92 Å². The summed E-state index contributed by atoms with van der Waals surface area (Å²) < 4.78 is 11.6. The third-order valence-corrected chi connectivity index (χ3v) is 6.35. The summed E-state index contributed by atoms with van der Waals surface area (Å²) in [5.74, 6) is 0.535. The summed E-state index contributed by atoms with van der Waals surface area (Å²) in [5, 5.41) is 6.46. The van der Waals surface area contributed by atoms with Crippen LogP contribution in [0.1, 0.15) is 36.5 Å². The number of aliphatic imine (C=N–C) groups is 1. The van der Waals surface area contributed by atoms with E-state index < -0.39 is 5.92 Å². The van der Waals surface area contributed by atoms with Gasteiger partial charge in [-0.15, -0.1) is 0 Å². The van der Waals surface area contributed by atoms with E-state index in [-0.39, 0.29) is 5.91 Å². The quantitative estimate of drug-likeness (QED) is 0.229. The molecule has 5 rings (SSSR count). The average molecular weight is 506 g/mol. The second-order valence-electron chi connectivity index (χ2n) is 8.92. The van der Waals surface area contributed by atoms with Gasteiger partial charge in [-0.2, -0.15) is 0 Å². The van der Waals surface area contributed by atoms with Crippen molar-refractivity contribution in [3.05, 3.63) is 114 Å². The molecule has 1 aliphatic rings. The van der Waals surface area contributed by atoms with Gasteiger partial charge < -0.3 is 20.1 Å². The number of carbonyl (C=O) groups excluding carboxylic acids is 1. The first-order valence-corrected chi connectivity index (χ1v) is 12.9. The maximum absolute atomic E-state index is 13.4. The minimum absolute atomic E-state index is 0.123. The maximum atomic E-state index is 13.4. The van der Waals surface area contributed by atoms with Gasteiger partial charge >= 0.3 is 0 Å². The lowest BCUT2D eigenvalue weighted by Crippen LogP contribution is -2.22. The molecule has 6 heteroatoms. The topological polar surface area (TPSA) is 72.0 Å². The molecule has 192 valence electrons. The largest absolute Gasteiger partial charge is 0.490 e. The second-order valence-corrected chi connectivity index (χ2v) is 8.92. The highest BCUT2D eigenvalue weighted by atomic mass is 16.5. The number of rotatable bonds is 10. The van der Waals surface area contributed by atoms with Crippen molar-refractivity contribution in [2.24, 2.45) is 4.99 Å². The Morgan fingerprint density at radius 1 is 0.842 bits per heavy atom. The molecule has 0 aliphatic carbocycles. The van der Waals surface area contributed by atoms with Crippen LogP contribution in [0.15, 0.2) is 102 Å². The monoisotopic (exact) mass is 505 g/mol. The average Bonchev–Trinajstić information content (AvgIpc) is 3.27. The predicted molar refractivity (Wildman–Crippen MR) is 153 cm³/mol. The third kappa shape index (κ3) is 5.54. The molecule has 1 atom stereocenters. The van der Waals surface area contributed by atoms with E-state index in [9.17, 15) is 4.79 Å². The Morgan fingerprint density at radius 2 is 1.47 bits per heavy atom. The first kappa shape index (κ1) is 25.1. The van der Waals surface area contributed by atoms with E-state index in [1.54, 1.807) is 0 Å². The first-order valence-electron chi connectivity index (χ1n) is 12.9. The van der Waals surface area contributed by atoms with Crippen molar-refractivity contribution < 1.29 is 14.3 Å². The van der Waals surface area contributed by atoms with E-state index in [1.165, 1.54) is 0 Å². The molecule has 4 aromatic rings. The molecule has 1 amide bonds. The van der Waals surface area contributed by atoms with Crippen LogP contribution >= 0.6 is 0 Å². The molecule has 6 nitrogen and oxygen atoms in total. The Labute approximate surface area is 223 Å². The van der Waals surface area contributed by atoms with Crippen molar-refractivity contribution in [3.8, 4) is 11.5 Å². The van der Waals surface area contributed by atoms with Crippen molar-refractivity contribution in [1.82, 2.24) is 0 Å². The standard InChI is InChI=1S/C32H31N3O3/c1-3-37-28-19-26-27(20-29(28)38-4-2)35-32(36)30(26)31(23-11-7-5-8-12-23)34-25-17-15-22(16-18-25)21-33-24-13-9-6-10-14-24/h5-20,30,33H,3-4,21H2,1-2H3,(H,35,36). The number of carbonyl (C=O) groups is 1. The van der Waals surface area contributed by atoms with Gasteiger partial charge in [-0.25, -0.2) is 0 Å². The van der Waals surface area contributed by atoms with E-state index in [0.717, 1.165) is 33.8 Å². The molecule has 0 fully saturated rings. The Bertz CT molecular complexity index is 1420. The molecule has 0 saturated carbocycles. The van der Waals surface area contributed by atoms with Crippen molar-refractivity contribution in [2.45, 2.75) is 26.3 Å². The maximum Gasteiger partial charge on any atom is 0.238 e. The molecule has 0 radical (unpaired) electrons. The Hall–Kier alpha value is -4.58. The van der Waals surface area contributed by atoms with Crippen LogP contribution in [0.3, 0.4) is 0 Å². The Morgan fingerprint density at radius 3 is 2.13 bits per heavy atom. The van der Waals surface area contributed by atoms with Crippen LogP contribution in [0.4, 0.5) is 17.1 Å². The first-order chi connectivity index (χ1) is 18.7. The number of fused-ring (bicyclic) bond motifs is 1. The molecular formula is C32H31N3O3. The van der Waals surface area contributed by atoms with Gasteiger partial charge in [0.2, 0.25) is 5.91 Å². The molecule has 0 aromatic heterocycles. The number of ether oxygens (including phenoxy) is 2. The van der Waals surface area contributed by atoms with E-state index in [2.05, 4.69) is 22.8 Å². The highest BCUT2D eigenvalue weighted by Crippen LogP contribution is 2.43. The minimum atomic E-state index is -0.582.